The standard InChI is InChI=1S/C9H17N5/c1-7(10)6-9-11-12-13-14(9)8-4-2-3-5-8/h7-8H,2-6,10H2,1H3. The lowest BCUT2D eigenvalue weighted by molar-refractivity contribution is 0.433. The van der Waals surface area contributed by atoms with Crippen molar-refractivity contribution in [2.75, 3.05) is 0 Å². The third kappa shape index (κ3) is 1.92. The molecule has 2 rings (SSSR count). The van der Waals surface area contributed by atoms with Crippen LogP contribution in [0.2, 0.25) is 0 Å². The molecule has 78 valence electrons. The van der Waals surface area contributed by atoms with Crippen LogP contribution in [-0.2, 0) is 6.42 Å². The van der Waals surface area contributed by atoms with Crippen LogP contribution in [0.4, 0.5) is 0 Å². The van der Waals surface area contributed by atoms with Crippen molar-refractivity contribution in [2.45, 2.75) is 51.1 Å². The molecule has 1 fully saturated rings. The molecule has 2 N–H and O–H groups in total. The van der Waals surface area contributed by atoms with Gasteiger partial charge in [0.15, 0.2) is 5.82 Å². The molecule has 5 heteroatoms. The van der Waals surface area contributed by atoms with E-state index in [2.05, 4.69) is 15.5 Å². The molecule has 0 radical (unpaired) electrons. The summed E-state index contributed by atoms with van der Waals surface area (Å²) < 4.78 is 1.97. The fourth-order valence-corrected chi connectivity index (χ4v) is 2.07. The summed E-state index contributed by atoms with van der Waals surface area (Å²) in [6.07, 6.45) is 5.77. The fraction of sp³-hybridized carbons (Fsp3) is 0.889. The van der Waals surface area contributed by atoms with Crippen molar-refractivity contribution in [3.05, 3.63) is 5.82 Å². The Hall–Kier alpha value is -0.970. The Morgan fingerprint density at radius 1 is 1.50 bits per heavy atom. The third-order valence-electron chi connectivity index (χ3n) is 2.74. The largest absolute Gasteiger partial charge is 0.328 e. The van der Waals surface area contributed by atoms with Gasteiger partial charge in [0.1, 0.15) is 0 Å². The molecular formula is C9H17N5. The molecule has 0 spiro atoms. The van der Waals surface area contributed by atoms with Crippen molar-refractivity contribution in [1.29, 1.82) is 0 Å². The molecule has 0 aliphatic heterocycles. The van der Waals surface area contributed by atoms with Crippen LogP contribution in [0.25, 0.3) is 0 Å². The minimum atomic E-state index is 0.126. The van der Waals surface area contributed by atoms with Crippen LogP contribution in [0.15, 0.2) is 0 Å². The Bertz CT molecular complexity index is 287. The molecule has 0 aromatic carbocycles. The average molecular weight is 195 g/mol. The van der Waals surface area contributed by atoms with Crippen molar-refractivity contribution in [3.8, 4) is 0 Å². The van der Waals surface area contributed by atoms with Crippen molar-refractivity contribution < 1.29 is 0 Å². The van der Waals surface area contributed by atoms with Gasteiger partial charge < -0.3 is 5.73 Å². The summed E-state index contributed by atoms with van der Waals surface area (Å²) in [5.74, 6) is 0.937. The van der Waals surface area contributed by atoms with Crippen molar-refractivity contribution in [2.24, 2.45) is 5.73 Å². The van der Waals surface area contributed by atoms with Gasteiger partial charge in [-0.05, 0) is 30.2 Å². The second kappa shape index (κ2) is 4.04. The van der Waals surface area contributed by atoms with Crippen LogP contribution in [0, 0.1) is 0 Å². The van der Waals surface area contributed by atoms with Crippen molar-refractivity contribution in [1.82, 2.24) is 20.2 Å². The number of rotatable bonds is 3. The first kappa shape index (κ1) is 9.58. The van der Waals surface area contributed by atoms with Crippen LogP contribution in [-0.4, -0.2) is 26.2 Å². The number of nitrogens with zero attached hydrogens (tertiary/aromatic N) is 4. The molecule has 0 bridgehead atoms. The van der Waals surface area contributed by atoms with Gasteiger partial charge in [0.2, 0.25) is 0 Å². The molecule has 1 heterocycles. The lowest BCUT2D eigenvalue weighted by atomic mass is 10.2. The highest BCUT2D eigenvalue weighted by molar-refractivity contribution is 4.89. The zero-order valence-corrected chi connectivity index (χ0v) is 8.56. The van der Waals surface area contributed by atoms with E-state index >= 15 is 0 Å². The first-order chi connectivity index (χ1) is 6.77. The van der Waals surface area contributed by atoms with Crippen LogP contribution in [0.3, 0.4) is 0 Å². The van der Waals surface area contributed by atoms with Crippen molar-refractivity contribution in [3.63, 3.8) is 0 Å². The molecule has 1 aromatic heterocycles. The number of tetrazole rings is 1. The predicted octanol–water partition coefficient (Wildman–Crippen LogP) is 0.678. The molecule has 1 aliphatic rings. The lowest BCUT2D eigenvalue weighted by Crippen LogP contribution is -2.22. The van der Waals surface area contributed by atoms with E-state index in [1.165, 1.54) is 25.7 Å². The van der Waals surface area contributed by atoms with Gasteiger partial charge in [-0.1, -0.05) is 12.8 Å². The Kier molecular flexibility index (Phi) is 2.77. The third-order valence-corrected chi connectivity index (χ3v) is 2.74. The summed E-state index contributed by atoms with van der Waals surface area (Å²) >= 11 is 0. The highest BCUT2D eigenvalue weighted by atomic mass is 15.5. The van der Waals surface area contributed by atoms with Crippen molar-refractivity contribution >= 4 is 0 Å². The number of hydrogen-bond acceptors (Lipinski definition) is 4. The molecule has 5 nitrogen and oxygen atoms in total. The maximum Gasteiger partial charge on any atom is 0.153 e. The van der Waals surface area contributed by atoms with Gasteiger partial charge in [-0.15, -0.1) is 5.10 Å². The molecule has 14 heavy (non-hydrogen) atoms. The summed E-state index contributed by atoms with van der Waals surface area (Å²) in [4.78, 5) is 0. The van der Waals surface area contributed by atoms with Crippen LogP contribution >= 0.6 is 0 Å². The van der Waals surface area contributed by atoms with Crippen LogP contribution < -0.4 is 5.73 Å². The minimum Gasteiger partial charge on any atom is -0.328 e. The SMILES string of the molecule is CC(N)Cc1nnnn1C1CCCC1. The van der Waals surface area contributed by atoms with Gasteiger partial charge in [-0.25, -0.2) is 4.68 Å². The van der Waals surface area contributed by atoms with Gasteiger partial charge in [0.25, 0.3) is 0 Å². The summed E-state index contributed by atoms with van der Waals surface area (Å²) in [6.45, 7) is 1.98. The molecule has 1 atom stereocenters. The molecule has 0 amide bonds. The highest BCUT2D eigenvalue weighted by Crippen LogP contribution is 2.29. The van der Waals surface area contributed by atoms with E-state index in [9.17, 15) is 0 Å². The maximum atomic E-state index is 5.74. The van der Waals surface area contributed by atoms with E-state index in [0.29, 0.717) is 6.04 Å². The van der Waals surface area contributed by atoms with Crippen LogP contribution in [0.1, 0.15) is 44.5 Å². The van der Waals surface area contributed by atoms with E-state index in [0.717, 1.165) is 12.2 Å². The number of aromatic nitrogens is 4. The minimum absolute atomic E-state index is 0.126. The molecule has 0 saturated heterocycles. The second-order valence-corrected chi connectivity index (χ2v) is 4.16. The Morgan fingerprint density at radius 2 is 2.21 bits per heavy atom. The van der Waals surface area contributed by atoms with E-state index in [1.54, 1.807) is 0 Å². The first-order valence-electron chi connectivity index (χ1n) is 5.29. The average Bonchev–Trinajstić information content (AvgIpc) is 2.70. The van der Waals surface area contributed by atoms with E-state index < -0.39 is 0 Å². The topological polar surface area (TPSA) is 69.6 Å². The predicted molar refractivity (Wildman–Crippen MR) is 52.7 cm³/mol. The van der Waals surface area contributed by atoms with Gasteiger partial charge >= 0.3 is 0 Å². The van der Waals surface area contributed by atoms with Gasteiger partial charge in [0.05, 0.1) is 6.04 Å². The second-order valence-electron chi connectivity index (χ2n) is 4.16. The highest BCUT2D eigenvalue weighted by Gasteiger charge is 2.21. The monoisotopic (exact) mass is 195 g/mol. The summed E-state index contributed by atoms with van der Waals surface area (Å²) in [7, 11) is 0. The van der Waals surface area contributed by atoms with E-state index in [1.807, 2.05) is 11.6 Å². The van der Waals surface area contributed by atoms with E-state index in [4.69, 9.17) is 5.73 Å². The zero-order valence-electron chi connectivity index (χ0n) is 8.56. The summed E-state index contributed by atoms with van der Waals surface area (Å²) in [5.41, 5.74) is 5.74. The molecule has 1 saturated carbocycles. The molecule has 1 aliphatic carbocycles. The number of hydrogen-bond donors (Lipinski definition) is 1. The summed E-state index contributed by atoms with van der Waals surface area (Å²) in [5, 5.41) is 11.8. The molecule has 1 unspecified atom stereocenters. The smallest absolute Gasteiger partial charge is 0.153 e. The van der Waals surface area contributed by atoms with Gasteiger partial charge in [-0.2, -0.15) is 0 Å². The Labute approximate surface area is 83.7 Å². The first-order valence-corrected chi connectivity index (χ1v) is 5.29. The van der Waals surface area contributed by atoms with Crippen LogP contribution in [0.5, 0.6) is 0 Å². The molecule has 1 aromatic rings. The Morgan fingerprint density at radius 3 is 2.86 bits per heavy atom. The lowest BCUT2D eigenvalue weighted by Gasteiger charge is -2.12. The maximum absolute atomic E-state index is 5.74. The molecular weight excluding hydrogens is 178 g/mol. The number of nitrogens with two attached hydrogens (primary N) is 1. The fourth-order valence-electron chi connectivity index (χ4n) is 2.07. The van der Waals surface area contributed by atoms with Gasteiger partial charge in [0, 0.05) is 12.5 Å². The van der Waals surface area contributed by atoms with Gasteiger partial charge in [-0.3, -0.25) is 0 Å². The normalized spacial score (nSPS) is 20.1. The zero-order chi connectivity index (χ0) is 9.97. The summed E-state index contributed by atoms with van der Waals surface area (Å²) in [6, 6.07) is 0.639. The Balaban J connectivity index is 2.12. The quantitative estimate of drug-likeness (QED) is 0.770. The van der Waals surface area contributed by atoms with E-state index in [-0.39, 0.29) is 6.04 Å².